The van der Waals surface area contributed by atoms with Crippen molar-refractivity contribution in [2.24, 2.45) is 0 Å². The van der Waals surface area contributed by atoms with Crippen LogP contribution in [0.5, 0.6) is 0 Å². The molecule has 5 heteroatoms. The van der Waals surface area contributed by atoms with Crippen molar-refractivity contribution in [1.29, 1.82) is 0 Å². The molecule has 0 aliphatic heterocycles. The van der Waals surface area contributed by atoms with Crippen molar-refractivity contribution < 1.29 is 12.8 Å². The third-order valence-corrected chi connectivity index (χ3v) is 3.19. The Morgan fingerprint density at radius 3 is 1.93 bits per heavy atom. The first kappa shape index (κ1) is 11.5. The predicted molar refractivity (Wildman–Crippen MR) is 53.6 cm³/mol. The lowest BCUT2D eigenvalue weighted by atomic mass is 10.0. The second kappa shape index (κ2) is 3.51. The first-order valence-corrected chi connectivity index (χ1v) is 6.26. The van der Waals surface area contributed by atoms with Crippen LogP contribution in [0.1, 0.15) is 19.4 Å². The summed E-state index contributed by atoms with van der Waals surface area (Å²) in [7, 11) is 1.39. The van der Waals surface area contributed by atoms with Gasteiger partial charge in [0.2, 0.25) is 0 Å². The Labute approximate surface area is 87.1 Å². The number of hydrogen-bond acceptors (Lipinski definition) is 2. The first-order chi connectivity index (χ1) is 6.21. The molecule has 1 aromatic rings. The van der Waals surface area contributed by atoms with E-state index in [4.69, 9.17) is 10.7 Å². The van der Waals surface area contributed by atoms with Crippen LogP contribution < -0.4 is 0 Å². The minimum Gasteiger partial charge on any atom is -0.239 e. The van der Waals surface area contributed by atoms with Crippen molar-refractivity contribution in [1.82, 2.24) is 0 Å². The largest absolute Gasteiger partial charge is 0.261 e. The molecule has 2 nitrogen and oxygen atoms in total. The topological polar surface area (TPSA) is 34.1 Å². The van der Waals surface area contributed by atoms with Crippen LogP contribution in [-0.4, -0.2) is 8.42 Å². The normalized spacial score (nSPS) is 12.9. The number of rotatable bonds is 2. The quantitative estimate of drug-likeness (QED) is 0.740. The van der Waals surface area contributed by atoms with Crippen molar-refractivity contribution in [3.63, 3.8) is 0 Å². The van der Waals surface area contributed by atoms with Crippen LogP contribution in [0.2, 0.25) is 0 Å². The monoisotopic (exact) mass is 236 g/mol. The zero-order chi connectivity index (χ0) is 11.0. The molecule has 0 radical (unpaired) electrons. The predicted octanol–water partition coefficient (Wildman–Crippen LogP) is 2.82. The maximum Gasteiger partial charge on any atom is 0.261 e. The van der Waals surface area contributed by atoms with Crippen molar-refractivity contribution in [3.05, 3.63) is 29.8 Å². The van der Waals surface area contributed by atoms with E-state index in [1.54, 1.807) is 0 Å². The number of alkyl halides is 1. The summed E-state index contributed by atoms with van der Waals surface area (Å²) in [6, 6.07) is 5.41. The Morgan fingerprint density at radius 2 is 1.64 bits per heavy atom. The van der Waals surface area contributed by atoms with Crippen LogP contribution in [-0.2, 0) is 14.7 Å². The highest BCUT2D eigenvalue weighted by Crippen LogP contribution is 2.26. The SMILES string of the molecule is CC(C)(F)c1ccc(S(=O)(=O)Cl)cc1. The maximum absolute atomic E-state index is 13.4. The van der Waals surface area contributed by atoms with Gasteiger partial charge in [0.15, 0.2) is 0 Å². The Bertz CT molecular complexity index is 417. The Hall–Kier alpha value is -0.610. The van der Waals surface area contributed by atoms with Gasteiger partial charge in [0.05, 0.1) is 4.90 Å². The number of halogens is 2. The third kappa shape index (κ3) is 2.69. The molecule has 1 aromatic carbocycles. The summed E-state index contributed by atoms with van der Waals surface area (Å²) in [4.78, 5) is -0.0211. The molecule has 0 aliphatic carbocycles. The minimum atomic E-state index is -3.72. The molecule has 0 saturated carbocycles. The Kier molecular flexibility index (Phi) is 2.88. The Morgan fingerprint density at radius 1 is 1.21 bits per heavy atom. The van der Waals surface area contributed by atoms with Crippen molar-refractivity contribution in [2.45, 2.75) is 24.4 Å². The number of benzene rings is 1. The van der Waals surface area contributed by atoms with Crippen LogP contribution >= 0.6 is 10.7 Å². The van der Waals surface area contributed by atoms with Gasteiger partial charge >= 0.3 is 0 Å². The van der Waals surface area contributed by atoms with Crippen LogP contribution in [0, 0.1) is 0 Å². The molecule has 0 aliphatic rings. The highest BCUT2D eigenvalue weighted by atomic mass is 35.7. The molecule has 1 rings (SSSR count). The van der Waals surface area contributed by atoms with Gasteiger partial charge in [-0.15, -0.1) is 0 Å². The molecule has 0 amide bonds. The van der Waals surface area contributed by atoms with Crippen molar-refractivity contribution in [2.75, 3.05) is 0 Å². The summed E-state index contributed by atoms with van der Waals surface area (Å²) in [6.45, 7) is 2.80. The van der Waals surface area contributed by atoms with E-state index < -0.39 is 14.7 Å². The second-order valence-corrected chi connectivity index (χ2v) is 6.00. The first-order valence-electron chi connectivity index (χ1n) is 3.95. The standard InChI is InChI=1S/C9H10ClFO2S/c1-9(2,11)7-3-5-8(6-4-7)14(10,12)13/h3-6H,1-2H3. The zero-order valence-corrected chi connectivity index (χ0v) is 9.36. The van der Waals surface area contributed by atoms with Crippen LogP contribution in [0.15, 0.2) is 29.2 Å². The fourth-order valence-electron chi connectivity index (χ4n) is 1.01. The van der Waals surface area contributed by atoms with Gasteiger partial charge in [0, 0.05) is 10.7 Å². The summed E-state index contributed by atoms with van der Waals surface area (Å²) in [5.41, 5.74) is -1.06. The molecule has 0 heterocycles. The molecule has 0 fully saturated rings. The van der Waals surface area contributed by atoms with Crippen LogP contribution in [0.4, 0.5) is 4.39 Å². The van der Waals surface area contributed by atoms with Gasteiger partial charge in [-0.3, -0.25) is 0 Å². The van der Waals surface area contributed by atoms with E-state index in [-0.39, 0.29) is 4.90 Å². The minimum absolute atomic E-state index is 0.0211. The van der Waals surface area contributed by atoms with E-state index in [9.17, 15) is 12.8 Å². The maximum atomic E-state index is 13.4. The lowest BCUT2D eigenvalue weighted by Gasteiger charge is -2.14. The zero-order valence-electron chi connectivity index (χ0n) is 7.79. The second-order valence-electron chi connectivity index (χ2n) is 3.43. The highest BCUT2D eigenvalue weighted by molar-refractivity contribution is 8.13. The molecule has 0 spiro atoms. The van der Waals surface area contributed by atoms with Crippen LogP contribution in [0.3, 0.4) is 0 Å². The smallest absolute Gasteiger partial charge is 0.239 e. The van der Waals surface area contributed by atoms with Gasteiger partial charge in [-0.2, -0.15) is 0 Å². The lowest BCUT2D eigenvalue weighted by molar-refractivity contribution is 0.221. The van der Waals surface area contributed by atoms with Gasteiger partial charge in [-0.05, 0) is 31.5 Å². The summed E-state index contributed by atoms with van der Waals surface area (Å²) in [5, 5.41) is 0. The van der Waals surface area contributed by atoms with E-state index in [0.717, 1.165) is 0 Å². The molecule has 0 aromatic heterocycles. The van der Waals surface area contributed by atoms with E-state index >= 15 is 0 Å². The molecule has 0 bridgehead atoms. The summed E-state index contributed by atoms with van der Waals surface area (Å²) in [6.07, 6.45) is 0. The molecule has 0 unspecified atom stereocenters. The van der Waals surface area contributed by atoms with E-state index in [2.05, 4.69) is 0 Å². The van der Waals surface area contributed by atoms with Gasteiger partial charge in [0.1, 0.15) is 5.67 Å². The highest BCUT2D eigenvalue weighted by Gasteiger charge is 2.19. The van der Waals surface area contributed by atoms with Crippen molar-refractivity contribution >= 4 is 19.7 Å². The van der Waals surface area contributed by atoms with Crippen molar-refractivity contribution in [3.8, 4) is 0 Å². The summed E-state index contributed by atoms with van der Waals surface area (Å²) < 4.78 is 35.1. The van der Waals surface area contributed by atoms with Gasteiger partial charge < -0.3 is 0 Å². The van der Waals surface area contributed by atoms with Gasteiger partial charge in [0.25, 0.3) is 9.05 Å². The van der Waals surface area contributed by atoms with E-state index in [1.807, 2.05) is 0 Å². The molecule has 78 valence electrons. The molecule has 0 saturated heterocycles. The van der Waals surface area contributed by atoms with Crippen LogP contribution in [0.25, 0.3) is 0 Å². The summed E-state index contributed by atoms with van der Waals surface area (Å²) >= 11 is 0. The molecule has 0 N–H and O–H groups in total. The Balaban J connectivity index is 3.14. The van der Waals surface area contributed by atoms with Gasteiger partial charge in [-0.1, -0.05) is 12.1 Å². The molecule has 0 atom stereocenters. The van der Waals surface area contributed by atoms with E-state index in [1.165, 1.54) is 38.1 Å². The summed E-state index contributed by atoms with van der Waals surface area (Å²) in [5.74, 6) is 0. The fourth-order valence-corrected chi connectivity index (χ4v) is 1.78. The average molecular weight is 237 g/mol. The number of hydrogen-bond donors (Lipinski definition) is 0. The third-order valence-electron chi connectivity index (χ3n) is 1.82. The molecular weight excluding hydrogens is 227 g/mol. The fraction of sp³-hybridized carbons (Fsp3) is 0.333. The molecule has 14 heavy (non-hydrogen) atoms. The van der Waals surface area contributed by atoms with Gasteiger partial charge in [-0.25, -0.2) is 12.8 Å². The lowest BCUT2D eigenvalue weighted by Crippen LogP contribution is -2.08. The molecular formula is C9H10ClFO2S. The van der Waals surface area contributed by atoms with E-state index in [0.29, 0.717) is 5.56 Å². The average Bonchev–Trinajstić information content (AvgIpc) is 2.01.